The van der Waals surface area contributed by atoms with Gasteiger partial charge in [0.1, 0.15) is 5.75 Å². The van der Waals surface area contributed by atoms with Crippen LogP contribution >= 0.6 is 0 Å². The monoisotopic (exact) mass is 218 g/mol. The van der Waals surface area contributed by atoms with Gasteiger partial charge in [-0.15, -0.1) is 0 Å². The normalized spacial score (nSPS) is 19.4. The van der Waals surface area contributed by atoms with Gasteiger partial charge in [0.25, 0.3) is 0 Å². The third-order valence-electron chi connectivity index (χ3n) is 3.56. The molecule has 3 nitrogen and oxygen atoms in total. The zero-order valence-corrected chi connectivity index (χ0v) is 9.70. The van der Waals surface area contributed by atoms with Gasteiger partial charge in [0.05, 0.1) is 6.61 Å². The second-order valence-electron chi connectivity index (χ2n) is 4.76. The molecular weight excluding hydrogens is 200 g/mol. The van der Waals surface area contributed by atoms with Crippen LogP contribution in [0.3, 0.4) is 0 Å². The fraction of sp³-hybridized carbons (Fsp3) is 0.538. The quantitative estimate of drug-likeness (QED) is 0.827. The van der Waals surface area contributed by atoms with Crippen LogP contribution in [0.15, 0.2) is 18.2 Å². The first-order valence-electron chi connectivity index (χ1n) is 6.01. The van der Waals surface area contributed by atoms with Crippen molar-refractivity contribution in [3.63, 3.8) is 0 Å². The SMILES string of the molecule is CN1CCc2c(OCC3CNC3)cccc21. The first kappa shape index (κ1) is 9.97. The lowest BCUT2D eigenvalue weighted by molar-refractivity contribution is 0.198. The minimum atomic E-state index is 0.704. The number of nitrogens with one attached hydrogen (secondary N) is 1. The van der Waals surface area contributed by atoms with Gasteiger partial charge in [0.15, 0.2) is 0 Å². The highest BCUT2D eigenvalue weighted by Crippen LogP contribution is 2.34. The molecule has 0 aliphatic carbocycles. The van der Waals surface area contributed by atoms with Crippen molar-refractivity contribution >= 4 is 5.69 Å². The van der Waals surface area contributed by atoms with Crippen LogP contribution in [0.4, 0.5) is 5.69 Å². The topological polar surface area (TPSA) is 24.5 Å². The van der Waals surface area contributed by atoms with E-state index in [-0.39, 0.29) is 0 Å². The predicted octanol–water partition coefficient (Wildman–Crippen LogP) is 1.28. The first-order valence-corrected chi connectivity index (χ1v) is 6.01. The van der Waals surface area contributed by atoms with Crippen molar-refractivity contribution in [1.82, 2.24) is 5.32 Å². The molecule has 0 spiro atoms. The zero-order chi connectivity index (χ0) is 11.0. The van der Waals surface area contributed by atoms with Crippen LogP contribution in [0, 0.1) is 5.92 Å². The minimum absolute atomic E-state index is 0.704. The lowest BCUT2D eigenvalue weighted by atomic mass is 10.1. The molecule has 0 atom stereocenters. The Bertz CT molecular complexity index is 388. The zero-order valence-electron chi connectivity index (χ0n) is 9.70. The number of anilines is 1. The van der Waals surface area contributed by atoms with E-state index in [4.69, 9.17) is 4.74 Å². The Hall–Kier alpha value is -1.22. The molecule has 1 aromatic carbocycles. The van der Waals surface area contributed by atoms with Gasteiger partial charge < -0.3 is 15.0 Å². The van der Waals surface area contributed by atoms with Crippen LogP contribution in [-0.4, -0.2) is 33.3 Å². The fourth-order valence-corrected chi connectivity index (χ4v) is 2.37. The first-order chi connectivity index (χ1) is 7.84. The van der Waals surface area contributed by atoms with E-state index in [0.717, 1.165) is 38.4 Å². The third kappa shape index (κ3) is 1.65. The third-order valence-corrected chi connectivity index (χ3v) is 3.56. The molecule has 1 saturated heterocycles. The molecule has 2 heterocycles. The maximum atomic E-state index is 5.93. The van der Waals surface area contributed by atoms with E-state index in [9.17, 15) is 0 Å². The molecule has 1 N–H and O–H groups in total. The van der Waals surface area contributed by atoms with Gasteiger partial charge >= 0.3 is 0 Å². The highest BCUT2D eigenvalue weighted by atomic mass is 16.5. The van der Waals surface area contributed by atoms with Crippen LogP contribution in [0.2, 0.25) is 0 Å². The largest absolute Gasteiger partial charge is 0.493 e. The van der Waals surface area contributed by atoms with E-state index in [1.807, 2.05) is 0 Å². The number of rotatable bonds is 3. The molecule has 0 aromatic heterocycles. The average molecular weight is 218 g/mol. The molecule has 16 heavy (non-hydrogen) atoms. The Kier molecular flexibility index (Phi) is 2.48. The van der Waals surface area contributed by atoms with Crippen LogP contribution in [0.1, 0.15) is 5.56 Å². The summed E-state index contributed by atoms with van der Waals surface area (Å²) in [7, 11) is 2.14. The molecule has 0 amide bonds. The molecular formula is C13H18N2O. The second-order valence-corrected chi connectivity index (χ2v) is 4.76. The second kappa shape index (κ2) is 3.98. The van der Waals surface area contributed by atoms with Gasteiger partial charge in [-0.1, -0.05) is 6.07 Å². The molecule has 3 heteroatoms. The van der Waals surface area contributed by atoms with Gasteiger partial charge in [0.2, 0.25) is 0 Å². The van der Waals surface area contributed by atoms with E-state index >= 15 is 0 Å². The highest BCUT2D eigenvalue weighted by Gasteiger charge is 2.21. The standard InChI is InChI=1S/C13H18N2O/c1-15-6-5-11-12(15)3-2-4-13(11)16-9-10-7-14-8-10/h2-4,10,14H,5-9H2,1H3. The lowest BCUT2D eigenvalue weighted by Crippen LogP contribution is -2.45. The highest BCUT2D eigenvalue weighted by molar-refractivity contribution is 5.62. The number of benzene rings is 1. The summed E-state index contributed by atoms with van der Waals surface area (Å²) in [5, 5.41) is 3.27. The smallest absolute Gasteiger partial charge is 0.124 e. The van der Waals surface area contributed by atoms with E-state index < -0.39 is 0 Å². The van der Waals surface area contributed by atoms with Crippen molar-refractivity contribution in [2.45, 2.75) is 6.42 Å². The summed E-state index contributed by atoms with van der Waals surface area (Å²) >= 11 is 0. The molecule has 0 unspecified atom stereocenters. The number of hydrogen-bond acceptors (Lipinski definition) is 3. The number of likely N-dealkylation sites (N-methyl/N-ethyl adjacent to an activating group) is 1. The van der Waals surface area contributed by atoms with E-state index in [1.54, 1.807) is 0 Å². The van der Waals surface area contributed by atoms with Crippen molar-refractivity contribution in [3.8, 4) is 5.75 Å². The van der Waals surface area contributed by atoms with Crippen LogP contribution in [0.25, 0.3) is 0 Å². The molecule has 2 aliphatic rings. The van der Waals surface area contributed by atoms with Crippen LogP contribution in [-0.2, 0) is 6.42 Å². The molecule has 1 aromatic rings. The lowest BCUT2D eigenvalue weighted by Gasteiger charge is -2.27. The Morgan fingerprint density at radius 3 is 3.06 bits per heavy atom. The molecule has 0 bridgehead atoms. The van der Waals surface area contributed by atoms with E-state index in [2.05, 4.69) is 35.5 Å². The summed E-state index contributed by atoms with van der Waals surface area (Å²) in [5.41, 5.74) is 2.72. The number of nitrogens with zero attached hydrogens (tertiary/aromatic N) is 1. The Labute approximate surface area is 96.4 Å². The Morgan fingerprint density at radius 1 is 1.44 bits per heavy atom. The maximum Gasteiger partial charge on any atom is 0.124 e. The van der Waals surface area contributed by atoms with Gasteiger partial charge in [-0.2, -0.15) is 0 Å². The number of fused-ring (bicyclic) bond motifs is 1. The Morgan fingerprint density at radius 2 is 2.31 bits per heavy atom. The van der Waals surface area contributed by atoms with Crippen LogP contribution in [0.5, 0.6) is 5.75 Å². The van der Waals surface area contributed by atoms with E-state index in [0.29, 0.717) is 5.92 Å². The van der Waals surface area contributed by atoms with Gasteiger partial charge in [-0.25, -0.2) is 0 Å². The van der Waals surface area contributed by atoms with Gasteiger partial charge in [0, 0.05) is 43.9 Å². The minimum Gasteiger partial charge on any atom is -0.493 e. The molecule has 0 saturated carbocycles. The molecule has 2 aliphatic heterocycles. The summed E-state index contributed by atoms with van der Waals surface area (Å²) in [4.78, 5) is 2.30. The van der Waals surface area contributed by atoms with Gasteiger partial charge in [-0.3, -0.25) is 0 Å². The number of ether oxygens (including phenoxy) is 1. The van der Waals surface area contributed by atoms with Gasteiger partial charge in [-0.05, 0) is 18.6 Å². The van der Waals surface area contributed by atoms with Crippen molar-refractivity contribution < 1.29 is 4.74 Å². The van der Waals surface area contributed by atoms with Crippen LogP contribution < -0.4 is 15.0 Å². The molecule has 86 valence electrons. The molecule has 0 radical (unpaired) electrons. The van der Waals surface area contributed by atoms with E-state index in [1.165, 1.54) is 11.3 Å². The summed E-state index contributed by atoms with van der Waals surface area (Å²) in [5.74, 6) is 1.80. The molecule has 3 rings (SSSR count). The summed E-state index contributed by atoms with van der Waals surface area (Å²) in [6, 6.07) is 6.37. The number of hydrogen-bond donors (Lipinski definition) is 1. The summed E-state index contributed by atoms with van der Waals surface area (Å²) < 4.78 is 5.93. The fourth-order valence-electron chi connectivity index (χ4n) is 2.37. The van der Waals surface area contributed by atoms with Crippen molar-refractivity contribution in [3.05, 3.63) is 23.8 Å². The van der Waals surface area contributed by atoms with Crippen molar-refractivity contribution in [2.24, 2.45) is 5.92 Å². The summed E-state index contributed by atoms with van der Waals surface area (Å²) in [6.45, 7) is 4.18. The van der Waals surface area contributed by atoms with Crippen molar-refractivity contribution in [2.75, 3.05) is 38.2 Å². The molecule has 1 fully saturated rings. The summed E-state index contributed by atoms with van der Waals surface area (Å²) in [6.07, 6.45) is 1.12. The average Bonchev–Trinajstić information content (AvgIpc) is 2.60. The maximum absolute atomic E-state index is 5.93. The van der Waals surface area contributed by atoms with Crippen molar-refractivity contribution in [1.29, 1.82) is 0 Å². The predicted molar refractivity (Wildman–Crippen MR) is 65.3 cm³/mol. The Balaban J connectivity index is 1.74.